The van der Waals surface area contributed by atoms with Gasteiger partial charge in [-0.2, -0.15) is 0 Å². The maximum absolute atomic E-state index is 12.6. The van der Waals surface area contributed by atoms with Crippen LogP contribution in [0.15, 0.2) is 60.7 Å². The predicted molar refractivity (Wildman–Crippen MR) is 99.7 cm³/mol. The number of aldehydes is 1. The lowest BCUT2D eigenvalue weighted by atomic mass is 9.94. The molecular formula is C22H21NO3. The van der Waals surface area contributed by atoms with Crippen LogP contribution in [0.2, 0.25) is 0 Å². The molecule has 1 amide bonds. The zero-order valence-electron chi connectivity index (χ0n) is 14.5. The predicted octanol–water partition coefficient (Wildman–Crippen LogP) is 4.46. The van der Waals surface area contributed by atoms with Crippen LogP contribution >= 0.6 is 0 Å². The molecule has 0 spiro atoms. The summed E-state index contributed by atoms with van der Waals surface area (Å²) in [6, 6.07) is 17.6. The van der Waals surface area contributed by atoms with Crippen molar-refractivity contribution < 1.29 is 14.3 Å². The van der Waals surface area contributed by atoms with Crippen molar-refractivity contribution >= 4 is 18.0 Å². The monoisotopic (exact) mass is 347 g/mol. The Morgan fingerprint density at radius 3 is 2.73 bits per heavy atom. The molecular weight excluding hydrogens is 326 g/mol. The molecule has 2 bridgehead atoms. The molecule has 2 aliphatic rings. The summed E-state index contributed by atoms with van der Waals surface area (Å²) in [7, 11) is 0. The fourth-order valence-electron chi connectivity index (χ4n) is 3.93. The number of hydrogen-bond donors (Lipinski definition) is 0. The highest BCUT2D eigenvalue weighted by Gasteiger charge is 2.40. The van der Waals surface area contributed by atoms with Crippen LogP contribution < -0.4 is 0 Å². The van der Waals surface area contributed by atoms with Gasteiger partial charge in [0.15, 0.2) is 0 Å². The van der Waals surface area contributed by atoms with Gasteiger partial charge in [0, 0.05) is 11.6 Å². The smallest absolute Gasteiger partial charge is 0.410 e. The maximum Gasteiger partial charge on any atom is 0.410 e. The van der Waals surface area contributed by atoms with Crippen LogP contribution in [-0.4, -0.2) is 29.4 Å². The van der Waals surface area contributed by atoms with Gasteiger partial charge >= 0.3 is 6.09 Å². The molecule has 2 aromatic carbocycles. The fourth-order valence-corrected chi connectivity index (χ4v) is 3.93. The van der Waals surface area contributed by atoms with E-state index in [0.29, 0.717) is 12.2 Å². The first kappa shape index (κ1) is 16.6. The molecule has 0 aromatic heterocycles. The van der Waals surface area contributed by atoms with Crippen molar-refractivity contribution in [1.29, 1.82) is 0 Å². The number of amides is 1. The van der Waals surface area contributed by atoms with Gasteiger partial charge in [0.2, 0.25) is 0 Å². The first-order valence-corrected chi connectivity index (χ1v) is 9.00. The highest BCUT2D eigenvalue weighted by atomic mass is 16.6. The molecule has 1 fully saturated rings. The number of fused-ring (bicyclic) bond motifs is 2. The lowest BCUT2D eigenvalue weighted by Gasteiger charge is -2.33. The Hall–Kier alpha value is -2.88. The van der Waals surface area contributed by atoms with E-state index in [-0.39, 0.29) is 18.2 Å². The summed E-state index contributed by atoms with van der Waals surface area (Å²) in [6.07, 6.45) is 5.55. The maximum atomic E-state index is 12.6. The number of carbonyl (C=O) groups excluding carboxylic acids is 2. The van der Waals surface area contributed by atoms with Gasteiger partial charge in [-0.05, 0) is 42.0 Å². The molecule has 4 heteroatoms. The minimum atomic E-state index is -0.238. The van der Waals surface area contributed by atoms with Gasteiger partial charge in [-0.1, -0.05) is 54.6 Å². The van der Waals surface area contributed by atoms with Crippen LogP contribution in [-0.2, 0) is 11.3 Å². The first-order chi connectivity index (χ1) is 12.7. The van der Waals surface area contributed by atoms with E-state index in [9.17, 15) is 9.59 Å². The van der Waals surface area contributed by atoms with Gasteiger partial charge < -0.3 is 4.74 Å². The summed E-state index contributed by atoms with van der Waals surface area (Å²) in [6.45, 7) is 0.299. The van der Waals surface area contributed by atoms with Crippen molar-refractivity contribution in [2.45, 2.75) is 38.0 Å². The summed E-state index contributed by atoms with van der Waals surface area (Å²) in [5.74, 6) is 0. The molecule has 2 unspecified atom stereocenters. The van der Waals surface area contributed by atoms with Crippen LogP contribution in [0.25, 0.3) is 5.57 Å². The Labute approximate surface area is 153 Å². The SMILES string of the molecule is O=Cc1cccc(C2=CC3CCC(C2)N3C(=O)OCc2ccccc2)c1. The Morgan fingerprint density at radius 1 is 1.12 bits per heavy atom. The third-order valence-corrected chi connectivity index (χ3v) is 5.20. The number of benzene rings is 2. The average Bonchev–Trinajstić information content (AvgIpc) is 2.96. The summed E-state index contributed by atoms with van der Waals surface area (Å²) in [5, 5.41) is 0. The molecule has 0 aliphatic carbocycles. The molecule has 132 valence electrons. The summed E-state index contributed by atoms with van der Waals surface area (Å²) in [4.78, 5) is 25.5. The largest absolute Gasteiger partial charge is 0.445 e. The quantitative estimate of drug-likeness (QED) is 0.767. The van der Waals surface area contributed by atoms with Crippen LogP contribution in [0.1, 0.15) is 40.7 Å². The molecule has 2 aliphatic heterocycles. The van der Waals surface area contributed by atoms with E-state index >= 15 is 0 Å². The minimum absolute atomic E-state index is 0.0758. The summed E-state index contributed by atoms with van der Waals surface area (Å²) in [5.41, 5.74) is 3.96. The molecule has 4 nitrogen and oxygen atoms in total. The summed E-state index contributed by atoms with van der Waals surface area (Å²) < 4.78 is 5.54. The first-order valence-electron chi connectivity index (χ1n) is 9.00. The van der Waals surface area contributed by atoms with Crippen molar-refractivity contribution in [3.63, 3.8) is 0 Å². The molecule has 2 atom stereocenters. The van der Waals surface area contributed by atoms with Crippen molar-refractivity contribution in [2.75, 3.05) is 0 Å². The molecule has 0 radical (unpaired) electrons. The second-order valence-corrected chi connectivity index (χ2v) is 6.89. The van der Waals surface area contributed by atoms with E-state index in [1.54, 1.807) is 0 Å². The second kappa shape index (κ2) is 7.16. The zero-order chi connectivity index (χ0) is 17.9. The Morgan fingerprint density at radius 2 is 1.96 bits per heavy atom. The lowest BCUT2D eigenvalue weighted by Crippen LogP contribution is -2.43. The topological polar surface area (TPSA) is 46.6 Å². The summed E-state index contributed by atoms with van der Waals surface area (Å²) >= 11 is 0. The van der Waals surface area contributed by atoms with Gasteiger partial charge in [-0.3, -0.25) is 9.69 Å². The Kier molecular flexibility index (Phi) is 4.57. The minimum Gasteiger partial charge on any atom is -0.445 e. The molecule has 4 rings (SSSR count). The Balaban J connectivity index is 1.47. The number of rotatable bonds is 4. The van der Waals surface area contributed by atoms with Crippen LogP contribution in [0.5, 0.6) is 0 Å². The Bertz CT molecular complexity index is 843. The molecule has 26 heavy (non-hydrogen) atoms. The second-order valence-electron chi connectivity index (χ2n) is 6.89. The van der Waals surface area contributed by atoms with Gasteiger partial charge in [-0.15, -0.1) is 0 Å². The van der Waals surface area contributed by atoms with E-state index in [1.165, 1.54) is 5.57 Å². The van der Waals surface area contributed by atoms with Crippen molar-refractivity contribution in [3.05, 3.63) is 77.4 Å². The molecule has 0 N–H and O–H groups in total. The van der Waals surface area contributed by atoms with Gasteiger partial charge in [-0.25, -0.2) is 4.79 Å². The van der Waals surface area contributed by atoms with Crippen LogP contribution in [0.4, 0.5) is 4.79 Å². The fraction of sp³-hybridized carbons (Fsp3) is 0.273. The number of hydrogen-bond acceptors (Lipinski definition) is 3. The molecule has 1 saturated heterocycles. The van der Waals surface area contributed by atoms with E-state index in [2.05, 4.69) is 6.08 Å². The molecule has 0 saturated carbocycles. The standard InChI is InChI=1S/C22H21NO3/c24-14-17-7-4-8-18(11-17)19-12-20-9-10-21(13-19)23(20)22(25)26-15-16-5-2-1-3-6-16/h1-8,11-12,14,20-21H,9-10,13,15H2. The number of carbonyl (C=O) groups is 2. The normalized spacial score (nSPS) is 21.2. The molecule has 2 heterocycles. The van der Waals surface area contributed by atoms with Crippen molar-refractivity contribution in [1.82, 2.24) is 4.90 Å². The van der Waals surface area contributed by atoms with E-state index in [1.807, 2.05) is 59.5 Å². The third kappa shape index (κ3) is 3.27. The van der Waals surface area contributed by atoms with E-state index < -0.39 is 0 Å². The lowest BCUT2D eigenvalue weighted by molar-refractivity contribution is 0.0832. The van der Waals surface area contributed by atoms with E-state index in [4.69, 9.17) is 4.74 Å². The van der Waals surface area contributed by atoms with Crippen LogP contribution in [0.3, 0.4) is 0 Å². The van der Waals surface area contributed by atoms with Gasteiger partial charge in [0.1, 0.15) is 12.9 Å². The third-order valence-electron chi connectivity index (χ3n) is 5.20. The number of nitrogens with zero attached hydrogens (tertiary/aromatic N) is 1. The highest BCUT2D eigenvalue weighted by molar-refractivity contribution is 5.80. The van der Waals surface area contributed by atoms with Crippen LogP contribution in [0, 0.1) is 0 Å². The number of ether oxygens (including phenoxy) is 1. The average molecular weight is 347 g/mol. The van der Waals surface area contributed by atoms with Crippen molar-refractivity contribution in [2.24, 2.45) is 0 Å². The van der Waals surface area contributed by atoms with Crippen molar-refractivity contribution in [3.8, 4) is 0 Å². The molecule has 2 aromatic rings. The van der Waals surface area contributed by atoms with Gasteiger partial charge in [0.25, 0.3) is 0 Å². The highest BCUT2D eigenvalue weighted by Crippen LogP contribution is 2.39. The van der Waals surface area contributed by atoms with Gasteiger partial charge in [0.05, 0.1) is 6.04 Å². The zero-order valence-corrected chi connectivity index (χ0v) is 14.5. The van der Waals surface area contributed by atoms with E-state index in [0.717, 1.165) is 36.7 Å².